The largest absolute Gasteiger partial charge is 0.501 e. The van der Waals surface area contributed by atoms with E-state index >= 15 is 0 Å². The molecule has 0 spiro atoms. The summed E-state index contributed by atoms with van der Waals surface area (Å²) < 4.78 is 44.9. The molecule has 0 fully saturated rings. The first-order chi connectivity index (χ1) is 16.4. The minimum absolute atomic E-state index is 0.166. The molecule has 0 saturated heterocycles. The summed E-state index contributed by atoms with van der Waals surface area (Å²) in [5, 5.41) is 0. The molecule has 0 aliphatic heterocycles. The number of carbonyl (C=O) groups is 2. The highest BCUT2D eigenvalue weighted by molar-refractivity contribution is 6.61. The molecule has 0 unspecified atom stereocenters. The van der Waals surface area contributed by atoms with Gasteiger partial charge in [0.1, 0.15) is 0 Å². The van der Waals surface area contributed by atoms with Crippen LogP contribution in [-0.2, 0) is 45.6 Å². The van der Waals surface area contributed by atoms with Crippen LogP contribution in [-0.4, -0.2) is 82.4 Å². The smallest absolute Gasteiger partial charge is 0.463 e. The summed E-state index contributed by atoms with van der Waals surface area (Å²) >= 11 is 0. The topological polar surface area (TPSA) is 108 Å². The maximum Gasteiger partial charge on any atom is 0.501 e. The van der Waals surface area contributed by atoms with Crippen LogP contribution in [0.15, 0.2) is 12.2 Å². The van der Waals surface area contributed by atoms with Crippen LogP contribution in [0.2, 0.25) is 12.1 Å². The molecule has 200 valence electrons. The summed E-state index contributed by atoms with van der Waals surface area (Å²) in [5.41, 5.74) is 0. The van der Waals surface area contributed by atoms with Crippen LogP contribution in [0.25, 0.3) is 0 Å². The fraction of sp³-hybridized carbons (Fsp3) is 0.818. The van der Waals surface area contributed by atoms with Gasteiger partial charge in [-0.25, -0.2) is 9.59 Å². The van der Waals surface area contributed by atoms with E-state index in [9.17, 15) is 9.59 Å². The average Bonchev–Trinajstić information content (AvgIpc) is 2.79. The van der Waals surface area contributed by atoms with Crippen LogP contribution in [0.4, 0.5) is 0 Å². The molecule has 10 nitrogen and oxygen atoms in total. The van der Waals surface area contributed by atoms with E-state index in [4.69, 9.17) is 36.0 Å². The summed E-state index contributed by atoms with van der Waals surface area (Å²) in [6.45, 7) is 14.6. The molecule has 0 saturated carbocycles. The monoisotopic (exact) mass is 524 g/mol. The third kappa shape index (κ3) is 14.3. The minimum Gasteiger partial charge on any atom is -0.463 e. The number of rotatable bonds is 22. The van der Waals surface area contributed by atoms with Gasteiger partial charge >= 0.3 is 29.5 Å². The normalized spacial score (nSPS) is 12.3. The van der Waals surface area contributed by atoms with E-state index in [1.807, 2.05) is 41.5 Å². The average molecular weight is 525 g/mol. The molecule has 0 aliphatic carbocycles. The zero-order chi connectivity index (χ0) is 25.7. The number of hydrogen-bond donors (Lipinski definition) is 0. The molecule has 0 radical (unpaired) electrons. The summed E-state index contributed by atoms with van der Waals surface area (Å²) in [6.07, 6.45) is 3.17. The lowest BCUT2D eigenvalue weighted by Crippen LogP contribution is -2.46. The standard InChI is InChI=1S/C22H44O10Si2/c1-7-27-33(28-8-2,29-9-3)19-13-17-25-21(23)15-16-22(24)26-18-14-20-34(30-10-4,31-11-5)32-12-6/h15-16H,7-14,17-20H2,1-6H3. The molecular weight excluding hydrogens is 480 g/mol. The van der Waals surface area contributed by atoms with Crippen LogP contribution in [0.5, 0.6) is 0 Å². The molecule has 0 heterocycles. The predicted octanol–water partition coefficient (Wildman–Crippen LogP) is 3.51. The first-order valence-corrected chi connectivity index (χ1v) is 16.1. The lowest BCUT2D eigenvalue weighted by molar-refractivity contribution is -0.140. The van der Waals surface area contributed by atoms with E-state index in [-0.39, 0.29) is 13.2 Å². The van der Waals surface area contributed by atoms with Crippen LogP contribution in [0.1, 0.15) is 54.4 Å². The first-order valence-electron chi connectivity index (χ1n) is 12.2. The summed E-state index contributed by atoms with van der Waals surface area (Å²) in [4.78, 5) is 23.8. The molecule has 0 bridgehead atoms. The summed E-state index contributed by atoms with van der Waals surface area (Å²) in [5.74, 6) is -1.24. The number of carbonyl (C=O) groups excluding carboxylic acids is 2. The van der Waals surface area contributed by atoms with E-state index in [2.05, 4.69) is 0 Å². The van der Waals surface area contributed by atoms with Crippen molar-refractivity contribution in [3.8, 4) is 0 Å². The van der Waals surface area contributed by atoms with Crippen molar-refractivity contribution < 1.29 is 45.6 Å². The van der Waals surface area contributed by atoms with Gasteiger partial charge in [-0.3, -0.25) is 0 Å². The van der Waals surface area contributed by atoms with Crippen LogP contribution >= 0.6 is 0 Å². The van der Waals surface area contributed by atoms with Crippen molar-refractivity contribution in [2.24, 2.45) is 0 Å². The summed E-state index contributed by atoms with van der Waals surface area (Å²) in [7, 11) is -5.52. The van der Waals surface area contributed by atoms with Gasteiger partial charge < -0.3 is 36.0 Å². The van der Waals surface area contributed by atoms with Crippen LogP contribution in [0, 0.1) is 0 Å². The van der Waals surface area contributed by atoms with Crippen molar-refractivity contribution in [1.82, 2.24) is 0 Å². The molecular formula is C22H44O10Si2. The Kier molecular flexibility index (Phi) is 19.4. The van der Waals surface area contributed by atoms with Crippen molar-refractivity contribution in [3.63, 3.8) is 0 Å². The molecule has 0 aromatic heterocycles. The van der Waals surface area contributed by atoms with Gasteiger partial charge in [-0.15, -0.1) is 0 Å². The molecule has 12 heteroatoms. The van der Waals surface area contributed by atoms with Crippen LogP contribution < -0.4 is 0 Å². The van der Waals surface area contributed by atoms with Gasteiger partial charge in [-0.1, -0.05) is 0 Å². The zero-order valence-electron chi connectivity index (χ0n) is 21.7. The molecule has 0 atom stereocenters. The van der Waals surface area contributed by atoms with E-state index in [0.29, 0.717) is 64.6 Å². The van der Waals surface area contributed by atoms with Crippen molar-refractivity contribution in [1.29, 1.82) is 0 Å². The van der Waals surface area contributed by atoms with Crippen molar-refractivity contribution in [2.45, 2.75) is 66.5 Å². The van der Waals surface area contributed by atoms with E-state index in [1.54, 1.807) is 0 Å². The van der Waals surface area contributed by atoms with Gasteiger partial charge in [-0.2, -0.15) is 0 Å². The lowest BCUT2D eigenvalue weighted by atomic mass is 10.4. The second kappa shape index (κ2) is 20.1. The fourth-order valence-corrected chi connectivity index (χ4v) is 8.32. The maximum atomic E-state index is 11.9. The zero-order valence-corrected chi connectivity index (χ0v) is 23.7. The Bertz CT molecular complexity index is 492. The second-order valence-corrected chi connectivity index (χ2v) is 12.3. The summed E-state index contributed by atoms with van der Waals surface area (Å²) in [6, 6.07) is 1.08. The van der Waals surface area contributed by atoms with Gasteiger partial charge in [0, 0.05) is 63.9 Å². The molecule has 34 heavy (non-hydrogen) atoms. The molecule has 0 aromatic rings. The van der Waals surface area contributed by atoms with Gasteiger partial charge in [0.05, 0.1) is 13.2 Å². The quantitative estimate of drug-likeness (QED) is 0.0903. The Hall–Kier alpha value is -1.13. The number of esters is 2. The van der Waals surface area contributed by atoms with E-state index < -0.39 is 29.5 Å². The first kappa shape index (κ1) is 32.9. The number of ether oxygens (including phenoxy) is 2. The van der Waals surface area contributed by atoms with Gasteiger partial charge in [0.2, 0.25) is 0 Å². The Labute approximate surface area is 206 Å². The highest BCUT2D eigenvalue weighted by atomic mass is 28.4. The van der Waals surface area contributed by atoms with Crippen molar-refractivity contribution >= 4 is 29.5 Å². The minimum atomic E-state index is -2.76. The third-order valence-corrected chi connectivity index (χ3v) is 10.6. The highest BCUT2D eigenvalue weighted by Crippen LogP contribution is 2.19. The molecule has 0 aromatic carbocycles. The van der Waals surface area contributed by atoms with Gasteiger partial charge in [0.15, 0.2) is 0 Å². The lowest BCUT2D eigenvalue weighted by Gasteiger charge is -2.28. The van der Waals surface area contributed by atoms with Gasteiger partial charge in [0.25, 0.3) is 0 Å². The van der Waals surface area contributed by atoms with Gasteiger partial charge in [-0.05, 0) is 54.4 Å². The number of hydrogen-bond acceptors (Lipinski definition) is 10. The maximum absolute atomic E-state index is 11.9. The third-order valence-electron chi connectivity index (χ3n) is 4.28. The van der Waals surface area contributed by atoms with Crippen LogP contribution in [0.3, 0.4) is 0 Å². The fourth-order valence-electron chi connectivity index (χ4n) is 3.16. The molecule has 0 N–H and O–H groups in total. The van der Waals surface area contributed by atoms with E-state index in [1.165, 1.54) is 0 Å². The van der Waals surface area contributed by atoms with Crippen molar-refractivity contribution in [3.05, 3.63) is 12.2 Å². The Morgan fingerprint density at radius 1 is 0.529 bits per heavy atom. The second-order valence-electron chi connectivity index (χ2n) is 6.84. The molecule has 0 rings (SSSR count). The SMILES string of the molecule is CCO[Si](CCCOC(=O)C=CC(=O)OCCC[Si](OCC)(OCC)OCC)(OCC)OCC. The van der Waals surface area contributed by atoms with E-state index in [0.717, 1.165) is 12.2 Å². The molecule has 0 aliphatic rings. The highest BCUT2D eigenvalue weighted by Gasteiger charge is 2.40. The Morgan fingerprint density at radius 2 is 0.794 bits per heavy atom. The Morgan fingerprint density at radius 3 is 1.03 bits per heavy atom. The van der Waals surface area contributed by atoms with Crippen molar-refractivity contribution in [2.75, 3.05) is 52.9 Å². The Balaban J connectivity index is 4.36. The predicted molar refractivity (Wildman–Crippen MR) is 131 cm³/mol. The molecule has 0 amide bonds.